The maximum absolute atomic E-state index is 13.5. The second-order valence-corrected chi connectivity index (χ2v) is 9.61. The third-order valence-electron chi connectivity index (χ3n) is 6.82. The van der Waals surface area contributed by atoms with Crippen LogP contribution in [-0.2, 0) is 30.6 Å². The first-order chi connectivity index (χ1) is 17.8. The lowest BCUT2D eigenvalue weighted by molar-refractivity contribution is -0.137. The van der Waals surface area contributed by atoms with Gasteiger partial charge in [0.15, 0.2) is 5.69 Å². The van der Waals surface area contributed by atoms with E-state index in [0.717, 1.165) is 29.0 Å². The number of carbonyl (C=O) groups excluding carboxylic acids is 1. The van der Waals surface area contributed by atoms with E-state index in [1.807, 2.05) is 18.2 Å². The van der Waals surface area contributed by atoms with Gasteiger partial charge in [0.25, 0.3) is 5.56 Å². The average Bonchev–Trinajstić information content (AvgIpc) is 3.54. The first-order valence-corrected chi connectivity index (χ1v) is 12.5. The molecule has 1 aromatic heterocycles. The number of ether oxygens (including phenoxy) is 1. The van der Waals surface area contributed by atoms with Crippen molar-refractivity contribution in [3.8, 4) is 11.5 Å². The number of nitrogens with one attached hydrogen (secondary N) is 2. The number of hydrogen-bond acceptors (Lipinski definition) is 5. The van der Waals surface area contributed by atoms with Crippen molar-refractivity contribution in [2.45, 2.75) is 44.7 Å². The Bertz CT molecular complexity index is 1450. The fourth-order valence-corrected chi connectivity index (χ4v) is 5.22. The summed E-state index contributed by atoms with van der Waals surface area (Å²) < 4.78 is 7.05. The molecule has 4 N–H and O–H groups in total. The van der Waals surface area contributed by atoms with E-state index in [1.54, 1.807) is 24.3 Å². The van der Waals surface area contributed by atoms with Crippen LogP contribution in [0.4, 0.5) is 10.5 Å². The number of aromatic hydroxyl groups is 1. The minimum atomic E-state index is -1.09. The molecule has 0 fully saturated rings. The highest BCUT2D eigenvalue weighted by molar-refractivity contribution is 6.31. The van der Waals surface area contributed by atoms with Crippen LogP contribution >= 0.6 is 11.6 Å². The Morgan fingerprint density at radius 3 is 2.73 bits per heavy atom. The zero-order valence-electron chi connectivity index (χ0n) is 19.9. The third-order valence-corrected chi connectivity index (χ3v) is 7.19. The quantitative estimate of drug-likeness (QED) is 0.370. The predicted octanol–water partition coefficient (Wildman–Crippen LogP) is 4.02. The predicted molar refractivity (Wildman–Crippen MR) is 138 cm³/mol. The number of aromatic nitrogens is 1. The second-order valence-electron chi connectivity index (χ2n) is 9.20. The van der Waals surface area contributed by atoms with E-state index in [0.29, 0.717) is 42.0 Å². The molecular weight excluding hydrogens is 498 g/mol. The molecule has 3 aromatic rings. The molecule has 37 heavy (non-hydrogen) atoms. The molecule has 1 aliphatic heterocycles. The number of halogens is 1. The number of urea groups is 1. The van der Waals surface area contributed by atoms with Crippen LogP contribution in [0.25, 0.3) is 0 Å². The number of carbonyl (C=O) groups is 2. The molecule has 9 nitrogen and oxygen atoms in total. The van der Waals surface area contributed by atoms with Crippen molar-refractivity contribution >= 4 is 29.3 Å². The van der Waals surface area contributed by atoms with Crippen LogP contribution in [0.5, 0.6) is 11.5 Å². The Morgan fingerprint density at radius 2 is 1.95 bits per heavy atom. The van der Waals surface area contributed by atoms with Gasteiger partial charge in [0.05, 0.1) is 25.6 Å². The maximum atomic E-state index is 13.5. The third kappa shape index (κ3) is 4.99. The summed E-state index contributed by atoms with van der Waals surface area (Å²) in [5.41, 5.74) is 2.81. The largest absolute Gasteiger partial charge is 0.505 e. The van der Waals surface area contributed by atoms with E-state index in [-0.39, 0.29) is 24.4 Å². The highest BCUT2D eigenvalue weighted by Crippen LogP contribution is 2.34. The summed E-state index contributed by atoms with van der Waals surface area (Å²) in [6, 6.07) is 10.8. The number of carboxylic acid groups (broad SMARTS) is 1. The van der Waals surface area contributed by atoms with E-state index in [1.165, 1.54) is 4.57 Å². The van der Waals surface area contributed by atoms with E-state index < -0.39 is 23.6 Å². The number of rotatable bonds is 7. The average molecular weight is 524 g/mol. The molecule has 2 heterocycles. The molecular formula is C27H26ClN3O6. The fraction of sp³-hybridized carbons (Fsp3) is 0.296. The molecule has 2 aliphatic rings. The molecule has 0 unspecified atom stereocenters. The number of amides is 2. The van der Waals surface area contributed by atoms with Crippen LogP contribution in [0.3, 0.4) is 0 Å². The van der Waals surface area contributed by atoms with E-state index in [4.69, 9.17) is 16.3 Å². The molecule has 5 rings (SSSR count). The zero-order valence-corrected chi connectivity index (χ0v) is 20.7. The van der Waals surface area contributed by atoms with Crippen LogP contribution in [0.1, 0.15) is 46.8 Å². The fourth-order valence-electron chi connectivity index (χ4n) is 5.03. The summed E-state index contributed by atoms with van der Waals surface area (Å²) in [7, 11) is 0. The molecule has 2 aromatic carbocycles. The lowest BCUT2D eigenvalue weighted by atomic mass is 10.0. The smallest absolute Gasteiger partial charge is 0.319 e. The van der Waals surface area contributed by atoms with Gasteiger partial charge in [-0.05, 0) is 54.2 Å². The minimum Gasteiger partial charge on any atom is -0.505 e. The Labute approximate surface area is 217 Å². The van der Waals surface area contributed by atoms with Gasteiger partial charge in [-0.1, -0.05) is 35.9 Å². The van der Waals surface area contributed by atoms with Crippen LogP contribution in [0.15, 0.2) is 47.3 Å². The van der Waals surface area contributed by atoms with Gasteiger partial charge in [-0.2, -0.15) is 0 Å². The molecule has 10 heteroatoms. The van der Waals surface area contributed by atoms with Crippen molar-refractivity contribution in [2.75, 3.05) is 11.9 Å². The number of anilines is 1. The lowest BCUT2D eigenvalue weighted by Crippen LogP contribution is -2.37. The number of fused-ring (bicyclic) bond motifs is 2. The summed E-state index contributed by atoms with van der Waals surface area (Å²) in [5.74, 6) is -0.610. The maximum Gasteiger partial charge on any atom is 0.319 e. The highest BCUT2D eigenvalue weighted by atomic mass is 35.5. The summed E-state index contributed by atoms with van der Waals surface area (Å²) >= 11 is 6.32. The molecule has 2 amide bonds. The van der Waals surface area contributed by atoms with Gasteiger partial charge < -0.3 is 30.2 Å². The van der Waals surface area contributed by atoms with E-state index >= 15 is 0 Å². The topological polar surface area (TPSA) is 130 Å². The van der Waals surface area contributed by atoms with Crippen molar-refractivity contribution in [1.29, 1.82) is 0 Å². The normalized spacial score (nSPS) is 14.4. The molecule has 0 saturated heterocycles. The van der Waals surface area contributed by atoms with Crippen LogP contribution in [0.2, 0.25) is 5.02 Å². The van der Waals surface area contributed by atoms with E-state index in [2.05, 4.69) is 10.6 Å². The summed E-state index contributed by atoms with van der Waals surface area (Å²) in [6.07, 6.45) is 2.29. The number of benzene rings is 2. The lowest BCUT2D eigenvalue weighted by Gasteiger charge is -2.20. The molecule has 0 radical (unpaired) electrons. The van der Waals surface area contributed by atoms with Gasteiger partial charge in [0.1, 0.15) is 11.5 Å². The summed E-state index contributed by atoms with van der Waals surface area (Å²) in [6.45, 7) is 0.741. The first kappa shape index (κ1) is 24.7. The monoisotopic (exact) mass is 523 g/mol. The highest BCUT2D eigenvalue weighted by Gasteiger charge is 2.27. The molecule has 0 bridgehead atoms. The molecule has 0 spiro atoms. The van der Waals surface area contributed by atoms with Crippen molar-refractivity contribution in [3.05, 3.63) is 85.8 Å². The first-order valence-electron chi connectivity index (χ1n) is 12.1. The SMILES string of the molecule is O=C(O)C[C@H](NC(=O)Nc1c(O)c2c(n(Cc3ccccc3Cl)c1=O)CCC2)c1ccc2c(c1)CCO2. The number of aliphatic carboxylic acids is 1. The minimum absolute atomic E-state index is 0.191. The molecule has 0 saturated carbocycles. The molecule has 1 atom stereocenters. The number of hydrogen-bond donors (Lipinski definition) is 4. The Hall–Kier alpha value is -3.98. The zero-order chi connectivity index (χ0) is 26.1. The molecule has 1 aliphatic carbocycles. The van der Waals surface area contributed by atoms with Gasteiger partial charge in [-0.3, -0.25) is 9.59 Å². The van der Waals surface area contributed by atoms with Crippen molar-refractivity contribution in [3.63, 3.8) is 0 Å². The van der Waals surface area contributed by atoms with Gasteiger partial charge >= 0.3 is 12.0 Å². The van der Waals surface area contributed by atoms with Gasteiger partial charge in [-0.25, -0.2) is 4.79 Å². The summed E-state index contributed by atoms with van der Waals surface area (Å²) in [5, 5.41) is 26.0. The number of carboxylic acids is 1. The Morgan fingerprint density at radius 1 is 1.14 bits per heavy atom. The molecule has 192 valence electrons. The van der Waals surface area contributed by atoms with Crippen molar-refractivity contribution in [1.82, 2.24) is 9.88 Å². The Balaban J connectivity index is 1.44. The standard InChI is InChI=1S/C27H26ClN3O6/c28-19-6-2-1-4-17(19)14-31-21-7-3-5-18(21)25(34)24(26(31)35)30-27(36)29-20(13-23(32)33)15-8-9-22-16(12-15)10-11-37-22/h1-2,4,6,8-9,12,20,34H,3,5,7,10-11,13-14H2,(H,32,33)(H2,29,30,36)/t20-/m0/s1. The van der Waals surface area contributed by atoms with Gasteiger partial charge in [0.2, 0.25) is 0 Å². The number of pyridine rings is 1. The van der Waals surface area contributed by atoms with Crippen LogP contribution < -0.4 is 20.9 Å². The van der Waals surface area contributed by atoms with Crippen molar-refractivity contribution < 1.29 is 24.5 Å². The second kappa shape index (κ2) is 10.2. The summed E-state index contributed by atoms with van der Waals surface area (Å²) in [4.78, 5) is 38.0. The number of nitrogens with zero attached hydrogens (tertiary/aromatic N) is 1. The van der Waals surface area contributed by atoms with E-state index in [9.17, 15) is 24.6 Å². The van der Waals surface area contributed by atoms with Crippen molar-refractivity contribution in [2.24, 2.45) is 0 Å². The Kier molecular flexibility index (Phi) is 6.80. The van der Waals surface area contributed by atoms with Crippen LogP contribution in [0, 0.1) is 0 Å². The van der Waals surface area contributed by atoms with Crippen LogP contribution in [-0.4, -0.2) is 33.4 Å². The van der Waals surface area contributed by atoms with Gasteiger partial charge in [0, 0.05) is 22.7 Å². The van der Waals surface area contributed by atoms with Gasteiger partial charge in [-0.15, -0.1) is 0 Å².